The van der Waals surface area contributed by atoms with Crippen LogP contribution in [0.25, 0.3) is 0 Å². The lowest BCUT2D eigenvalue weighted by Gasteiger charge is -2.50. The molecule has 9 N–H and O–H groups in total. The molecule has 8 heterocycles. The lowest BCUT2D eigenvalue weighted by atomic mass is 9.96. The minimum atomic E-state index is -4.78. The van der Waals surface area contributed by atoms with E-state index in [9.17, 15) is 32.3 Å². The van der Waals surface area contributed by atoms with E-state index < -0.39 is 23.5 Å². The van der Waals surface area contributed by atoms with Crippen molar-refractivity contribution in [1.82, 2.24) is 54.8 Å². The number of aromatic nitrogens is 6. The Kier molecular flexibility index (Phi) is 17.3. The molecular formula is C50H66Cl2F3N17O4. The molecule has 0 radical (unpaired) electrons. The van der Waals surface area contributed by atoms with E-state index in [0.29, 0.717) is 75.3 Å². The van der Waals surface area contributed by atoms with Crippen LogP contribution in [0.2, 0.25) is 10.3 Å². The van der Waals surface area contributed by atoms with E-state index in [0.717, 1.165) is 69.8 Å². The second-order valence-electron chi connectivity index (χ2n) is 20.1. The van der Waals surface area contributed by atoms with Crippen LogP contribution in [-0.2, 0) is 6.18 Å². The Balaban J connectivity index is 0.000000202. The molecule has 9 rings (SSSR count). The van der Waals surface area contributed by atoms with Crippen LogP contribution in [0, 0.1) is 6.92 Å². The Morgan fingerprint density at radius 2 is 1.28 bits per heavy atom. The molecule has 0 bridgehead atoms. The van der Waals surface area contributed by atoms with E-state index in [1.54, 1.807) is 34.1 Å². The fraction of sp³-hybridized carbons (Fsp3) is 0.560. The van der Waals surface area contributed by atoms with Crippen LogP contribution >= 0.6 is 23.2 Å². The summed E-state index contributed by atoms with van der Waals surface area (Å²) in [5.74, 6) is -0.962. The molecule has 26 heteroatoms. The average molecular weight is 1100 g/mol. The molecule has 4 amide bonds. The van der Waals surface area contributed by atoms with E-state index in [-0.39, 0.29) is 87.2 Å². The van der Waals surface area contributed by atoms with Gasteiger partial charge in [0.05, 0.1) is 17.3 Å². The number of aryl methyl sites for hydroxylation is 1. The van der Waals surface area contributed by atoms with Crippen LogP contribution in [0.5, 0.6) is 0 Å². The maximum atomic E-state index is 13.7. The lowest BCUT2D eigenvalue weighted by Crippen LogP contribution is -2.62. The number of nitrogens with one attached hydrogen (secondary N) is 1. The van der Waals surface area contributed by atoms with Crippen LogP contribution in [0.15, 0.2) is 30.5 Å². The summed E-state index contributed by atoms with van der Waals surface area (Å²) in [5, 5.41) is 3.34. The van der Waals surface area contributed by atoms with Crippen molar-refractivity contribution in [2.24, 2.45) is 5.73 Å². The van der Waals surface area contributed by atoms with Gasteiger partial charge in [-0.05, 0) is 89.5 Å². The number of alkyl halides is 3. The number of nitrogens with two attached hydrogens (primary N) is 4. The van der Waals surface area contributed by atoms with Gasteiger partial charge < -0.3 is 47.9 Å². The van der Waals surface area contributed by atoms with E-state index in [2.05, 4.69) is 63.8 Å². The number of rotatable bonds is 11. The van der Waals surface area contributed by atoms with Crippen molar-refractivity contribution in [2.75, 3.05) is 85.9 Å². The number of pyridine rings is 2. The molecule has 4 aromatic rings. The monoisotopic (exact) mass is 1100 g/mol. The number of nitrogens with zero attached hydrogens (tertiary/aromatic N) is 12. The smallest absolute Gasteiger partial charge is 0.383 e. The average Bonchev–Trinajstić information content (AvgIpc) is 4.23. The van der Waals surface area contributed by atoms with Gasteiger partial charge in [0.15, 0.2) is 34.0 Å². The van der Waals surface area contributed by atoms with Crippen molar-refractivity contribution in [1.29, 1.82) is 0 Å². The fourth-order valence-corrected chi connectivity index (χ4v) is 11.2. The van der Waals surface area contributed by atoms with Gasteiger partial charge in [-0.25, -0.2) is 29.9 Å². The van der Waals surface area contributed by atoms with Gasteiger partial charge in [0.1, 0.15) is 22.5 Å². The van der Waals surface area contributed by atoms with Crippen molar-refractivity contribution in [3.63, 3.8) is 0 Å². The maximum absolute atomic E-state index is 13.7. The van der Waals surface area contributed by atoms with E-state index >= 15 is 0 Å². The molecule has 410 valence electrons. The molecule has 76 heavy (non-hydrogen) atoms. The zero-order valence-electron chi connectivity index (χ0n) is 43.1. The number of primary amides is 1. The first kappa shape index (κ1) is 55.9. The maximum Gasteiger partial charge on any atom is 0.437 e. The highest BCUT2D eigenvalue weighted by Crippen LogP contribution is 2.37. The zero-order valence-corrected chi connectivity index (χ0v) is 44.6. The topological polar surface area (TPSA) is 281 Å². The van der Waals surface area contributed by atoms with Crippen molar-refractivity contribution >= 4 is 75.9 Å². The molecule has 0 aromatic carbocycles. The molecule has 4 aromatic heterocycles. The summed E-state index contributed by atoms with van der Waals surface area (Å²) >= 11 is 12.5. The van der Waals surface area contributed by atoms with Crippen LogP contribution in [0.4, 0.5) is 42.3 Å². The highest BCUT2D eigenvalue weighted by Gasteiger charge is 2.43. The molecule has 0 unspecified atom stereocenters. The number of anilines is 5. The summed E-state index contributed by atoms with van der Waals surface area (Å²) in [7, 11) is 0. The van der Waals surface area contributed by atoms with Gasteiger partial charge in [0, 0.05) is 101 Å². The van der Waals surface area contributed by atoms with Gasteiger partial charge in [-0.15, -0.1) is 0 Å². The highest BCUT2D eigenvalue weighted by atomic mass is 35.5. The predicted octanol–water partition coefficient (Wildman–Crippen LogP) is 4.91. The van der Waals surface area contributed by atoms with Gasteiger partial charge in [-0.2, -0.15) is 13.2 Å². The van der Waals surface area contributed by atoms with Gasteiger partial charge in [0.2, 0.25) is 0 Å². The third-order valence-electron chi connectivity index (χ3n) is 15.0. The largest absolute Gasteiger partial charge is 0.437 e. The van der Waals surface area contributed by atoms with E-state index in [1.807, 2.05) is 18.7 Å². The molecule has 1 saturated carbocycles. The number of halogens is 5. The fourth-order valence-electron chi connectivity index (χ4n) is 10.8. The quantitative estimate of drug-likeness (QED) is 0.125. The number of likely N-dealkylation sites (tertiary alicyclic amines) is 2. The third kappa shape index (κ3) is 12.6. The van der Waals surface area contributed by atoms with Crippen molar-refractivity contribution in [3.8, 4) is 0 Å². The molecule has 0 spiro atoms. The number of nitrogen functional groups attached to an aromatic ring is 3. The number of hydrogen-bond donors (Lipinski definition) is 5. The molecule has 5 aliphatic rings. The Morgan fingerprint density at radius 1 is 0.697 bits per heavy atom. The zero-order chi connectivity index (χ0) is 54.7. The normalized spacial score (nSPS) is 21.2. The summed E-state index contributed by atoms with van der Waals surface area (Å²) in [6.07, 6.45) is 3.07. The number of carbonyl (C=O) groups excluding carboxylic acids is 4. The molecule has 4 aliphatic heterocycles. The van der Waals surface area contributed by atoms with Gasteiger partial charge in [0.25, 0.3) is 23.6 Å². The van der Waals surface area contributed by atoms with E-state index in [1.165, 1.54) is 0 Å². The summed E-state index contributed by atoms with van der Waals surface area (Å²) in [6, 6.07) is 7.80. The first-order valence-corrected chi connectivity index (χ1v) is 26.6. The van der Waals surface area contributed by atoms with Crippen LogP contribution in [0.1, 0.15) is 125 Å². The summed E-state index contributed by atoms with van der Waals surface area (Å²) in [5.41, 5.74) is 23.1. The Bertz CT molecular complexity index is 2790. The number of hydrogen-bond acceptors (Lipinski definition) is 17. The molecule has 4 saturated heterocycles. The molecule has 5 fully saturated rings. The standard InChI is InChI=1S/C26H35Cl2N9O2.C24H31F3N8O2/c1-3-16-13-36(24-21(28)33-20(23(30)34-24)25(38)31-15-4-5-15)14(2)12-37(16)17-8-10-35(11-9-17)26(39)18-6-7-19(27)32-22(18)29;1-3-15-13-34(22-19(24(25,26)27)32-18(12-30-22)21(29)36)10-11-35(15)16-6-8-33(9-7-16)23(37)17-5-4-14(2)31-20(17)28/h6-7,14-17H,3-5,8-13H2,1-2H3,(H2,29,32)(H2,30,34)(H,31,38);4-5,12,15-16H,3,6-11,13H2,1-2H3,(H2,28,31)(H2,29,36)/t14-,16+;15-/m10/s1. The van der Waals surface area contributed by atoms with Gasteiger partial charge >= 0.3 is 6.18 Å². The van der Waals surface area contributed by atoms with E-state index in [4.69, 9.17) is 46.1 Å². The second kappa shape index (κ2) is 23.5. The third-order valence-corrected chi connectivity index (χ3v) is 15.5. The Labute approximate surface area is 449 Å². The summed E-state index contributed by atoms with van der Waals surface area (Å²) in [6.45, 7) is 13.3. The van der Waals surface area contributed by atoms with Crippen molar-refractivity contribution in [2.45, 2.75) is 121 Å². The second-order valence-corrected chi connectivity index (χ2v) is 20.9. The van der Waals surface area contributed by atoms with Gasteiger partial charge in [-0.3, -0.25) is 29.0 Å². The van der Waals surface area contributed by atoms with Crippen LogP contribution in [-0.4, -0.2) is 168 Å². The Morgan fingerprint density at radius 3 is 1.83 bits per heavy atom. The lowest BCUT2D eigenvalue weighted by molar-refractivity contribution is -0.141. The molecule has 1 aliphatic carbocycles. The first-order chi connectivity index (χ1) is 36.1. The molecular weight excluding hydrogens is 1030 g/mol. The number of piperidine rings is 2. The minimum absolute atomic E-state index is 0.00311. The number of amides is 4. The van der Waals surface area contributed by atoms with Crippen LogP contribution < -0.4 is 38.1 Å². The summed E-state index contributed by atoms with van der Waals surface area (Å²) in [4.78, 5) is 86.6. The summed E-state index contributed by atoms with van der Waals surface area (Å²) < 4.78 is 41.2. The minimum Gasteiger partial charge on any atom is -0.383 e. The van der Waals surface area contributed by atoms with Crippen molar-refractivity contribution in [3.05, 3.63) is 74.7 Å². The van der Waals surface area contributed by atoms with Crippen molar-refractivity contribution < 1.29 is 32.3 Å². The predicted molar refractivity (Wildman–Crippen MR) is 283 cm³/mol. The highest BCUT2D eigenvalue weighted by molar-refractivity contribution is 6.32. The first-order valence-electron chi connectivity index (χ1n) is 25.8. The molecule has 21 nitrogen and oxygen atoms in total. The van der Waals surface area contributed by atoms with Crippen LogP contribution in [0.3, 0.4) is 0 Å². The Hall–Kier alpha value is -6.37. The van der Waals surface area contributed by atoms with Gasteiger partial charge in [-0.1, -0.05) is 37.0 Å². The SMILES string of the molecule is CC[C@H]1CN(c2nc(N)c(C(=O)NC3CC3)nc2Cl)[C@H](C)CN1C1CCN(C(=O)c2ccc(Cl)nc2N)CC1.CC[C@H]1CN(c2ncc(C(N)=O)nc2C(F)(F)F)CCN1C1CCN(C(=O)c2ccc(C)nc2N)CC1. The molecule has 3 atom stereocenters. The number of carbonyl (C=O) groups is 4. The number of piperazine rings is 2.